The second kappa shape index (κ2) is 10.4. The first-order valence-corrected chi connectivity index (χ1v) is 10.6. The SMILES string of the molecule is CCOC(=O)/C(C#N)=N/Nc1[nH]nc2nc(C)c(C(=O)OCC)c(-c3ccc(N(C)C)cc3)c12. The van der Waals surface area contributed by atoms with Crippen molar-refractivity contribution in [3.63, 3.8) is 0 Å². The fraction of sp³-hybridized carbons (Fsp3) is 0.304. The summed E-state index contributed by atoms with van der Waals surface area (Å²) in [4.78, 5) is 31.3. The summed E-state index contributed by atoms with van der Waals surface area (Å²) in [6.07, 6.45) is 0. The Morgan fingerprint density at radius 3 is 2.44 bits per heavy atom. The average Bonchev–Trinajstić information content (AvgIpc) is 3.21. The first-order chi connectivity index (χ1) is 16.3. The molecule has 0 atom stereocenters. The van der Waals surface area contributed by atoms with E-state index in [4.69, 9.17) is 9.47 Å². The maximum Gasteiger partial charge on any atom is 0.369 e. The van der Waals surface area contributed by atoms with Gasteiger partial charge in [0.25, 0.3) is 0 Å². The molecule has 0 unspecified atom stereocenters. The van der Waals surface area contributed by atoms with Crippen LogP contribution in [0.1, 0.15) is 29.9 Å². The smallest absolute Gasteiger partial charge is 0.369 e. The number of fused-ring (bicyclic) bond motifs is 1. The molecular weight excluding hydrogens is 438 g/mol. The average molecular weight is 463 g/mol. The number of hydrogen-bond acceptors (Lipinski definition) is 10. The van der Waals surface area contributed by atoms with Crippen molar-refractivity contribution in [1.29, 1.82) is 5.26 Å². The van der Waals surface area contributed by atoms with Gasteiger partial charge < -0.3 is 14.4 Å². The number of benzene rings is 1. The Kier molecular flexibility index (Phi) is 7.43. The minimum absolute atomic E-state index is 0.103. The number of pyridine rings is 1. The van der Waals surface area contributed by atoms with Gasteiger partial charge in [0.2, 0.25) is 5.71 Å². The Morgan fingerprint density at radius 2 is 1.85 bits per heavy atom. The summed E-state index contributed by atoms with van der Waals surface area (Å²) >= 11 is 0. The largest absolute Gasteiger partial charge is 0.462 e. The van der Waals surface area contributed by atoms with Crippen molar-refractivity contribution >= 4 is 40.2 Å². The second-order valence-corrected chi connectivity index (χ2v) is 7.31. The molecule has 0 saturated carbocycles. The van der Waals surface area contributed by atoms with Gasteiger partial charge in [0.15, 0.2) is 11.5 Å². The molecule has 0 aliphatic heterocycles. The number of nitriles is 1. The molecule has 0 bridgehead atoms. The first-order valence-electron chi connectivity index (χ1n) is 10.6. The number of anilines is 2. The van der Waals surface area contributed by atoms with Crippen molar-refractivity contribution in [3.8, 4) is 17.2 Å². The molecule has 34 heavy (non-hydrogen) atoms. The number of rotatable bonds is 8. The molecule has 0 amide bonds. The molecule has 176 valence electrons. The molecule has 1 aromatic carbocycles. The van der Waals surface area contributed by atoms with Crippen LogP contribution in [0.5, 0.6) is 0 Å². The van der Waals surface area contributed by atoms with Crippen LogP contribution in [-0.4, -0.2) is 60.1 Å². The highest BCUT2D eigenvalue weighted by atomic mass is 16.5. The summed E-state index contributed by atoms with van der Waals surface area (Å²) in [5.41, 5.74) is 5.49. The zero-order chi connectivity index (χ0) is 24.8. The van der Waals surface area contributed by atoms with Crippen LogP contribution in [0.15, 0.2) is 29.4 Å². The van der Waals surface area contributed by atoms with E-state index in [0.29, 0.717) is 22.3 Å². The predicted octanol–water partition coefficient (Wildman–Crippen LogP) is 3.03. The van der Waals surface area contributed by atoms with Crippen molar-refractivity contribution < 1.29 is 19.1 Å². The number of hydrazone groups is 1. The van der Waals surface area contributed by atoms with E-state index in [0.717, 1.165) is 11.3 Å². The Bertz CT molecular complexity index is 1290. The van der Waals surface area contributed by atoms with Crippen LogP contribution < -0.4 is 10.3 Å². The highest BCUT2D eigenvalue weighted by molar-refractivity contribution is 6.43. The van der Waals surface area contributed by atoms with Gasteiger partial charge >= 0.3 is 11.9 Å². The number of hydrogen-bond donors (Lipinski definition) is 2. The van der Waals surface area contributed by atoms with Crippen molar-refractivity contribution in [3.05, 3.63) is 35.5 Å². The molecule has 0 aliphatic rings. The third-order valence-corrected chi connectivity index (χ3v) is 4.89. The van der Waals surface area contributed by atoms with Crippen LogP contribution in [0.25, 0.3) is 22.2 Å². The third kappa shape index (κ3) is 4.80. The van der Waals surface area contributed by atoms with Gasteiger partial charge in [0, 0.05) is 25.3 Å². The predicted molar refractivity (Wildman–Crippen MR) is 128 cm³/mol. The van der Waals surface area contributed by atoms with Gasteiger partial charge in [-0.05, 0) is 38.5 Å². The van der Waals surface area contributed by atoms with E-state index in [-0.39, 0.29) is 24.6 Å². The minimum atomic E-state index is -0.859. The van der Waals surface area contributed by atoms with Gasteiger partial charge in [-0.1, -0.05) is 12.1 Å². The van der Waals surface area contributed by atoms with E-state index in [1.807, 2.05) is 43.3 Å². The Labute approximate surface area is 196 Å². The number of H-pyrrole nitrogens is 1. The van der Waals surface area contributed by atoms with E-state index in [9.17, 15) is 14.9 Å². The highest BCUT2D eigenvalue weighted by Gasteiger charge is 2.25. The number of aryl methyl sites for hydroxylation is 1. The summed E-state index contributed by atoms with van der Waals surface area (Å²) < 4.78 is 10.1. The summed E-state index contributed by atoms with van der Waals surface area (Å²) in [5, 5.41) is 20.6. The lowest BCUT2D eigenvalue weighted by Crippen LogP contribution is -2.17. The quantitative estimate of drug-likeness (QED) is 0.292. The summed E-state index contributed by atoms with van der Waals surface area (Å²) in [7, 11) is 3.86. The number of ether oxygens (including phenoxy) is 2. The van der Waals surface area contributed by atoms with Crippen molar-refractivity contribution in [2.24, 2.45) is 5.10 Å². The van der Waals surface area contributed by atoms with Gasteiger partial charge in [-0.25, -0.2) is 14.6 Å². The standard InChI is InChI=1S/C23H25N7O4/c1-6-33-22(31)16(12-24)26-28-21-19-18(14-8-10-15(11-9-14)30(4)5)17(23(32)34-7-2)13(3)25-20(19)27-29-21/h8-11H,6-7H2,1-5H3,(H2,25,27,28,29)/b26-16+. The third-order valence-electron chi connectivity index (χ3n) is 4.89. The van der Waals surface area contributed by atoms with Crippen molar-refractivity contribution in [1.82, 2.24) is 15.2 Å². The zero-order valence-electron chi connectivity index (χ0n) is 19.6. The van der Waals surface area contributed by atoms with Crippen LogP contribution in [0.4, 0.5) is 11.5 Å². The summed E-state index contributed by atoms with van der Waals surface area (Å²) in [5.74, 6) is -1.14. The topological polar surface area (TPSA) is 146 Å². The van der Waals surface area contributed by atoms with E-state index in [1.54, 1.807) is 26.8 Å². The lowest BCUT2D eigenvalue weighted by molar-refractivity contribution is -0.134. The number of nitrogens with zero attached hydrogens (tertiary/aromatic N) is 5. The van der Waals surface area contributed by atoms with Crippen molar-refractivity contribution in [2.75, 3.05) is 37.6 Å². The summed E-state index contributed by atoms with van der Waals surface area (Å²) in [6, 6.07) is 9.31. The number of nitrogens with one attached hydrogen (secondary N) is 2. The van der Waals surface area contributed by atoms with E-state index in [1.165, 1.54) is 0 Å². The van der Waals surface area contributed by atoms with Crippen molar-refractivity contribution in [2.45, 2.75) is 20.8 Å². The highest BCUT2D eigenvalue weighted by Crippen LogP contribution is 2.37. The van der Waals surface area contributed by atoms with Gasteiger partial charge in [-0.2, -0.15) is 15.5 Å². The normalized spacial score (nSPS) is 11.1. The second-order valence-electron chi connectivity index (χ2n) is 7.31. The Balaban J connectivity index is 2.24. The van der Waals surface area contributed by atoms with Gasteiger partial charge in [0.1, 0.15) is 6.07 Å². The fourth-order valence-corrected chi connectivity index (χ4v) is 3.35. The number of esters is 2. The molecule has 0 fully saturated rings. The molecule has 11 nitrogen and oxygen atoms in total. The monoisotopic (exact) mass is 463 g/mol. The van der Waals surface area contributed by atoms with E-state index >= 15 is 0 Å². The maximum atomic E-state index is 12.9. The number of carbonyl (C=O) groups is 2. The fourth-order valence-electron chi connectivity index (χ4n) is 3.35. The molecular formula is C23H25N7O4. The molecule has 0 radical (unpaired) electrons. The van der Waals surface area contributed by atoms with Crippen LogP contribution in [-0.2, 0) is 14.3 Å². The van der Waals surface area contributed by atoms with Crippen LogP contribution in [0.3, 0.4) is 0 Å². The zero-order valence-corrected chi connectivity index (χ0v) is 19.6. The minimum Gasteiger partial charge on any atom is -0.462 e. The van der Waals surface area contributed by atoms with Crippen LogP contribution in [0.2, 0.25) is 0 Å². The summed E-state index contributed by atoms with van der Waals surface area (Å²) in [6.45, 7) is 5.36. The molecule has 0 aliphatic carbocycles. The first kappa shape index (κ1) is 24.2. The maximum absolute atomic E-state index is 12.9. The molecule has 2 aromatic heterocycles. The van der Waals surface area contributed by atoms with Crippen LogP contribution >= 0.6 is 0 Å². The molecule has 3 aromatic rings. The van der Waals surface area contributed by atoms with Gasteiger partial charge in [-0.3, -0.25) is 10.5 Å². The van der Waals surface area contributed by atoms with E-state index < -0.39 is 17.7 Å². The van der Waals surface area contributed by atoms with Gasteiger partial charge in [-0.15, -0.1) is 0 Å². The lowest BCUT2D eigenvalue weighted by Gasteiger charge is -2.16. The molecule has 2 heterocycles. The van der Waals surface area contributed by atoms with Gasteiger partial charge in [0.05, 0.1) is 29.9 Å². The molecule has 2 N–H and O–H groups in total. The Hall–Kier alpha value is -4.46. The molecule has 0 spiro atoms. The van der Waals surface area contributed by atoms with Crippen LogP contribution in [0, 0.1) is 18.3 Å². The number of aromatic nitrogens is 3. The Morgan fingerprint density at radius 1 is 1.18 bits per heavy atom. The molecule has 3 rings (SSSR count). The molecule has 11 heteroatoms. The number of aromatic amines is 1. The molecule has 0 saturated heterocycles. The van der Waals surface area contributed by atoms with E-state index in [2.05, 4.69) is 25.7 Å². The number of carbonyl (C=O) groups excluding carboxylic acids is 2. The lowest BCUT2D eigenvalue weighted by atomic mass is 9.95.